The van der Waals surface area contributed by atoms with E-state index >= 15 is 0 Å². The third-order valence-corrected chi connectivity index (χ3v) is 3.11. The maximum Gasteiger partial charge on any atom is 0.205 e. The van der Waals surface area contributed by atoms with Gasteiger partial charge in [-0.05, 0) is 12.1 Å². The largest absolute Gasteiger partial charge is 0.504 e. The number of rotatable bonds is 0. The highest BCUT2D eigenvalue weighted by molar-refractivity contribution is 5.98. The lowest BCUT2D eigenvalue weighted by molar-refractivity contribution is 0.362. The normalized spacial score (nSPS) is 11.2. The van der Waals surface area contributed by atoms with Crippen LogP contribution in [0.4, 0.5) is 0 Å². The molecule has 0 radical (unpaired) electrons. The van der Waals surface area contributed by atoms with Crippen molar-refractivity contribution in [3.8, 4) is 34.5 Å². The third kappa shape index (κ3) is 1.52. The lowest BCUT2D eigenvalue weighted by atomic mass is 10.1. The molecule has 1 aromatic heterocycles. The van der Waals surface area contributed by atoms with Crippen LogP contribution in [0.5, 0.6) is 34.5 Å². The summed E-state index contributed by atoms with van der Waals surface area (Å²) in [5.74, 6) is -5.05. The van der Waals surface area contributed by atoms with E-state index in [2.05, 4.69) is 0 Å². The fourth-order valence-corrected chi connectivity index (χ4v) is 2.05. The predicted octanol–water partition coefficient (Wildman–Crippen LogP) is 1.18. The third-order valence-electron chi connectivity index (χ3n) is 3.11. The molecule has 0 saturated carbocycles. The Morgan fingerprint density at radius 3 is 1.43 bits per heavy atom. The van der Waals surface area contributed by atoms with Gasteiger partial charge in [0.05, 0.1) is 10.8 Å². The van der Waals surface area contributed by atoms with Crippen LogP contribution >= 0.6 is 0 Å². The molecule has 1 heterocycles. The second-order valence-corrected chi connectivity index (χ2v) is 4.37. The van der Waals surface area contributed by atoms with Gasteiger partial charge in [-0.25, -0.2) is 0 Å². The molecule has 3 rings (SSSR count). The fraction of sp³-hybridized carbons (Fsp3) is 0. The maximum absolute atomic E-state index is 12.3. The summed E-state index contributed by atoms with van der Waals surface area (Å²) in [5, 5.41) is 56.5. The van der Waals surface area contributed by atoms with Crippen LogP contribution in [0.3, 0.4) is 0 Å². The first kappa shape index (κ1) is 12.7. The fourth-order valence-electron chi connectivity index (χ4n) is 2.05. The van der Waals surface area contributed by atoms with Gasteiger partial charge in [0.15, 0.2) is 22.7 Å². The van der Waals surface area contributed by atoms with Gasteiger partial charge in [-0.1, -0.05) is 0 Å². The molecule has 8 heteroatoms. The first-order chi connectivity index (χ1) is 9.82. The molecule has 0 saturated heterocycles. The lowest BCUT2D eigenvalue weighted by Gasteiger charge is -2.08. The summed E-state index contributed by atoms with van der Waals surface area (Å²) in [4.78, 5) is 12.3. The van der Waals surface area contributed by atoms with Crippen LogP contribution in [-0.2, 0) is 0 Å². The molecule has 0 fully saturated rings. The minimum atomic E-state index is -0.896. The molecule has 2 aromatic carbocycles. The first-order valence-electron chi connectivity index (χ1n) is 5.61. The van der Waals surface area contributed by atoms with Crippen LogP contribution in [0, 0.1) is 0 Å². The molecule has 0 atom stereocenters. The topological polar surface area (TPSA) is 152 Å². The molecule has 3 aromatic rings. The maximum atomic E-state index is 12.3. The Labute approximate surface area is 115 Å². The summed E-state index contributed by atoms with van der Waals surface area (Å²) in [5.41, 5.74) is -1.76. The van der Waals surface area contributed by atoms with Gasteiger partial charge in [0.1, 0.15) is 0 Å². The van der Waals surface area contributed by atoms with Crippen LogP contribution < -0.4 is 5.43 Å². The van der Waals surface area contributed by atoms with Crippen molar-refractivity contribution in [3.05, 3.63) is 22.4 Å². The molecule has 21 heavy (non-hydrogen) atoms. The summed E-state index contributed by atoms with van der Waals surface area (Å²) >= 11 is 0. The van der Waals surface area contributed by atoms with Gasteiger partial charge in [-0.3, -0.25) is 4.79 Å². The second kappa shape index (κ2) is 3.85. The van der Waals surface area contributed by atoms with E-state index in [0.29, 0.717) is 0 Å². The van der Waals surface area contributed by atoms with Gasteiger partial charge in [-0.15, -0.1) is 0 Å². The second-order valence-electron chi connectivity index (χ2n) is 4.37. The number of hydrogen-bond acceptors (Lipinski definition) is 8. The minimum Gasteiger partial charge on any atom is -0.504 e. The number of hydrogen-bond donors (Lipinski definition) is 6. The molecule has 0 aliphatic rings. The Balaban J connectivity index is 2.66. The molecule has 0 amide bonds. The summed E-state index contributed by atoms with van der Waals surface area (Å²) < 4.78 is 5.12. The van der Waals surface area contributed by atoms with Crippen molar-refractivity contribution in [2.24, 2.45) is 0 Å². The average Bonchev–Trinajstić information content (AvgIpc) is 2.45. The highest BCUT2D eigenvalue weighted by Crippen LogP contribution is 2.45. The number of phenols is 6. The summed E-state index contributed by atoms with van der Waals surface area (Å²) in [6.45, 7) is 0. The zero-order valence-electron chi connectivity index (χ0n) is 10.2. The van der Waals surface area contributed by atoms with Crippen LogP contribution in [0.2, 0.25) is 0 Å². The Morgan fingerprint density at radius 2 is 1.05 bits per heavy atom. The quantitative estimate of drug-likeness (QED) is 0.267. The van der Waals surface area contributed by atoms with Gasteiger partial charge < -0.3 is 35.1 Å². The van der Waals surface area contributed by atoms with Crippen molar-refractivity contribution in [2.45, 2.75) is 0 Å². The summed E-state index contributed by atoms with van der Waals surface area (Å²) in [6, 6.07) is 1.74. The van der Waals surface area contributed by atoms with E-state index in [1.54, 1.807) is 0 Å². The standard InChI is InChI=1S/C13H8O8/c14-5-1-3-7(16)4-2-6(15)9(18)11(20)13(4)21-12(3)10(19)8(5)17/h1-2,14-15,17-20H. The zero-order valence-corrected chi connectivity index (χ0v) is 10.2. The minimum absolute atomic E-state index is 0.278. The van der Waals surface area contributed by atoms with Crippen LogP contribution in [0.1, 0.15) is 0 Å². The van der Waals surface area contributed by atoms with Crippen LogP contribution in [0.15, 0.2) is 21.3 Å². The van der Waals surface area contributed by atoms with Crippen molar-refractivity contribution in [1.82, 2.24) is 0 Å². The van der Waals surface area contributed by atoms with E-state index in [4.69, 9.17) is 4.42 Å². The van der Waals surface area contributed by atoms with E-state index in [0.717, 1.165) is 12.1 Å². The molecule has 6 N–H and O–H groups in total. The Hall–Kier alpha value is -3.29. The number of phenolic OH excluding ortho intramolecular Hbond substituents is 6. The Morgan fingerprint density at radius 1 is 0.667 bits per heavy atom. The van der Waals surface area contributed by atoms with Gasteiger partial charge in [0.25, 0.3) is 0 Å². The summed E-state index contributed by atoms with van der Waals surface area (Å²) in [7, 11) is 0. The number of benzene rings is 2. The van der Waals surface area contributed by atoms with E-state index in [1.165, 1.54) is 0 Å². The molecule has 0 bridgehead atoms. The van der Waals surface area contributed by atoms with Crippen molar-refractivity contribution in [1.29, 1.82) is 0 Å². The van der Waals surface area contributed by atoms with Crippen molar-refractivity contribution >= 4 is 21.9 Å². The van der Waals surface area contributed by atoms with E-state index in [-0.39, 0.29) is 10.8 Å². The van der Waals surface area contributed by atoms with Crippen molar-refractivity contribution in [2.75, 3.05) is 0 Å². The molecule has 108 valence electrons. The van der Waals surface area contributed by atoms with E-state index in [1.807, 2.05) is 0 Å². The lowest BCUT2D eigenvalue weighted by Crippen LogP contribution is -2.02. The monoisotopic (exact) mass is 292 g/mol. The predicted molar refractivity (Wildman–Crippen MR) is 70.0 cm³/mol. The molecular weight excluding hydrogens is 284 g/mol. The van der Waals surface area contributed by atoms with Gasteiger partial charge in [0, 0.05) is 0 Å². The molecule has 8 nitrogen and oxygen atoms in total. The molecule has 0 spiro atoms. The molecule has 0 unspecified atom stereocenters. The van der Waals surface area contributed by atoms with Crippen molar-refractivity contribution < 1.29 is 35.1 Å². The van der Waals surface area contributed by atoms with Gasteiger partial charge in [0.2, 0.25) is 28.4 Å². The highest BCUT2D eigenvalue weighted by Gasteiger charge is 2.21. The highest BCUT2D eigenvalue weighted by atomic mass is 16.4. The van der Waals surface area contributed by atoms with Crippen LogP contribution in [0.25, 0.3) is 21.9 Å². The van der Waals surface area contributed by atoms with E-state index < -0.39 is 51.1 Å². The Kier molecular flexibility index (Phi) is 2.34. The van der Waals surface area contributed by atoms with Gasteiger partial charge in [-0.2, -0.15) is 0 Å². The van der Waals surface area contributed by atoms with Gasteiger partial charge >= 0.3 is 0 Å². The van der Waals surface area contributed by atoms with Crippen molar-refractivity contribution in [3.63, 3.8) is 0 Å². The van der Waals surface area contributed by atoms with Crippen LogP contribution in [-0.4, -0.2) is 30.6 Å². The zero-order chi connectivity index (χ0) is 15.5. The first-order valence-corrected chi connectivity index (χ1v) is 5.61. The molecule has 0 aliphatic heterocycles. The SMILES string of the molecule is O=c1c2cc(O)c(O)c(O)c2oc2c(O)c(O)c(O)cc12. The smallest absolute Gasteiger partial charge is 0.205 e. The number of fused-ring (bicyclic) bond motifs is 2. The summed E-state index contributed by atoms with van der Waals surface area (Å²) in [6.07, 6.45) is 0. The molecule has 0 aliphatic carbocycles. The number of aromatic hydroxyl groups is 6. The van der Waals surface area contributed by atoms with E-state index in [9.17, 15) is 35.4 Å². The Bertz CT molecular complexity index is 895. The average molecular weight is 292 g/mol. The molecular formula is C13H8O8.